The lowest BCUT2D eigenvalue weighted by Crippen LogP contribution is -2.21. The highest BCUT2D eigenvalue weighted by Gasteiger charge is 2.29. The van der Waals surface area contributed by atoms with E-state index in [4.69, 9.17) is 4.52 Å². The molecule has 2 aromatic rings. The third-order valence-electron chi connectivity index (χ3n) is 3.30. The number of aryl methyl sites for hydroxylation is 1. The Hall–Kier alpha value is -1.27. The predicted octanol–water partition coefficient (Wildman–Crippen LogP) is 1.89. The predicted molar refractivity (Wildman–Crippen MR) is 68.8 cm³/mol. The third kappa shape index (κ3) is 2.30. The maximum atomic E-state index is 5.37. The number of thiazole rings is 1. The van der Waals surface area contributed by atoms with E-state index in [-0.39, 0.29) is 0 Å². The van der Waals surface area contributed by atoms with Crippen molar-refractivity contribution in [3.05, 3.63) is 27.8 Å². The zero-order valence-electron chi connectivity index (χ0n) is 10.5. The summed E-state index contributed by atoms with van der Waals surface area (Å²) in [4.78, 5) is 8.91. The van der Waals surface area contributed by atoms with Gasteiger partial charge in [-0.2, -0.15) is 4.98 Å². The summed E-state index contributed by atoms with van der Waals surface area (Å²) in [6.45, 7) is 5.18. The van der Waals surface area contributed by atoms with E-state index < -0.39 is 0 Å². The number of nitrogens with one attached hydrogen (secondary N) is 1. The monoisotopic (exact) mass is 264 g/mol. The van der Waals surface area contributed by atoms with Gasteiger partial charge in [0.2, 0.25) is 5.89 Å². The van der Waals surface area contributed by atoms with Gasteiger partial charge in [0.1, 0.15) is 5.01 Å². The second-order valence-electron chi connectivity index (χ2n) is 4.75. The molecule has 1 aliphatic rings. The largest absolute Gasteiger partial charge is 0.339 e. The fourth-order valence-corrected chi connectivity index (χ4v) is 3.07. The molecule has 0 aliphatic carbocycles. The van der Waals surface area contributed by atoms with Crippen molar-refractivity contribution < 1.29 is 4.52 Å². The molecule has 6 heteroatoms. The van der Waals surface area contributed by atoms with Crippen LogP contribution >= 0.6 is 11.3 Å². The molecule has 0 aromatic carbocycles. The zero-order chi connectivity index (χ0) is 12.5. The molecule has 1 aliphatic heterocycles. The van der Waals surface area contributed by atoms with Gasteiger partial charge in [-0.3, -0.25) is 0 Å². The molecule has 96 valence electrons. The average molecular weight is 264 g/mol. The molecular weight excluding hydrogens is 248 g/mol. The Bertz CT molecular complexity index is 536. The summed E-state index contributed by atoms with van der Waals surface area (Å²) in [6.07, 6.45) is 1.73. The summed E-state index contributed by atoms with van der Waals surface area (Å²) >= 11 is 1.64. The molecule has 0 amide bonds. The summed E-state index contributed by atoms with van der Waals surface area (Å²) in [5.41, 5.74) is 1.05. The zero-order valence-corrected chi connectivity index (χ0v) is 11.3. The van der Waals surface area contributed by atoms with Gasteiger partial charge in [-0.25, -0.2) is 4.98 Å². The molecule has 1 N–H and O–H groups in total. The van der Waals surface area contributed by atoms with E-state index in [2.05, 4.69) is 27.4 Å². The van der Waals surface area contributed by atoms with Crippen LogP contribution in [0.5, 0.6) is 0 Å². The van der Waals surface area contributed by atoms with E-state index in [0.717, 1.165) is 35.4 Å². The maximum absolute atomic E-state index is 5.37. The highest BCUT2D eigenvalue weighted by atomic mass is 32.1. The van der Waals surface area contributed by atoms with Crippen molar-refractivity contribution in [3.63, 3.8) is 0 Å². The molecule has 0 saturated carbocycles. The van der Waals surface area contributed by atoms with Crippen LogP contribution in [0, 0.1) is 6.92 Å². The molecule has 0 spiro atoms. The molecule has 1 saturated heterocycles. The molecular formula is C12H16N4OS. The molecule has 2 atom stereocenters. The fourth-order valence-electron chi connectivity index (χ4n) is 2.31. The van der Waals surface area contributed by atoms with Gasteiger partial charge in [0.15, 0.2) is 5.82 Å². The van der Waals surface area contributed by atoms with Crippen molar-refractivity contribution in [2.75, 3.05) is 6.54 Å². The smallest absolute Gasteiger partial charge is 0.231 e. The first kappa shape index (κ1) is 11.8. The number of aromatic nitrogens is 3. The van der Waals surface area contributed by atoms with Gasteiger partial charge in [0, 0.05) is 17.1 Å². The molecule has 1 fully saturated rings. The molecule has 0 bridgehead atoms. The van der Waals surface area contributed by atoms with Gasteiger partial charge in [-0.15, -0.1) is 11.3 Å². The standard InChI is InChI=1S/C12H16N4OS/c1-7-6-18-11(14-7)5-10-15-12(17-16-10)9-3-4-13-8(9)2/h6,8-9,13H,3-5H2,1-2H3. The highest BCUT2D eigenvalue weighted by Crippen LogP contribution is 2.26. The number of hydrogen-bond acceptors (Lipinski definition) is 6. The second-order valence-corrected chi connectivity index (χ2v) is 5.69. The van der Waals surface area contributed by atoms with Gasteiger partial charge in [0.05, 0.1) is 12.3 Å². The first-order valence-corrected chi connectivity index (χ1v) is 7.07. The van der Waals surface area contributed by atoms with Crippen molar-refractivity contribution in [3.8, 4) is 0 Å². The van der Waals surface area contributed by atoms with Crippen LogP contribution in [0.25, 0.3) is 0 Å². The van der Waals surface area contributed by atoms with Crippen LogP contribution in [0.4, 0.5) is 0 Å². The van der Waals surface area contributed by atoms with Crippen LogP contribution in [0.2, 0.25) is 0 Å². The van der Waals surface area contributed by atoms with E-state index in [1.165, 1.54) is 0 Å². The summed E-state index contributed by atoms with van der Waals surface area (Å²) in [5.74, 6) is 1.85. The molecule has 5 nitrogen and oxygen atoms in total. The van der Waals surface area contributed by atoms with E-state index in [0.29, 0.717) is 18.4 Å². The highest BCUT2D eigenvalue weighted by molar-refractivity contribution is 7.09. The van der Waals surface area contributed by atoms with Crippen LogP contribution in [-0.4, -0.2) is 27.7 Å². The normalized spacial score (nSPS) is 23.7. The van der Waals surface area contributed by atoms with E-state index >= 15 is 0 Å². The van der Waals surface area contributed by atoms with E-state index in [1.807, 2.05) is 12.3 Å². The van der Waals surface area contributed by atoms with Crippen molar-refractivity contribution in [1.82, 2.24) is 20.4 Å². The summed E-state index contributed by atoms with van der Waals surface area (Å²) in [6, 6.07) is 0.417. The van der Waals surface area contributed by atoms with Crippen LogP contribution in [0.3, 0.4) is 0 Å². The van der Waals surface area contributed by atoms with Gasteiger partial charge in [-0.1, -0.05) is 5.16 Å². The Morgan fingerprint density at radius 1 is 1.50 bits per heavy atom. The fraction of sp³-hybridized carbons (Fsp3) is 0.583. The summed E-state index contributed by atoms with van der Waals surface area (Å²) < 4.78 is 5.37. The minimum Gasteiger partial charge on any atom is -0.339 e. The lowest BCUT2D eigenvalue weighted by Gasteiger charge is -2.08. The Balaban J connectivity index is 1.73. The van der Waals surface area contributed by atoms with Gasteiger partial charge >= 0.3 is 0 Å². The molecule has 3 rings (SSSR count). The topological polar surface area (TPSA) is 63.8 Å². The molecule has 3 heterocycles. The van der Waals surface area contributed by atoms with Crippen molar-refractivity contribution in [2.45, 2.75) is 38.6 Å². The summed E-state index contributed by atoms with van der Waals surface area (Å²) in [5, 5.41) is 10.5. The van der Waals surface area contributed by atoms with Gasteiger partial charge in [0.25, 0.3) is 0 Å². The Labute approximate surface area is 110 Å². The van der Waals surface area contributed by atoms with E-state index in [9.17, 15) is 0 Å². The second kappa shape index (κ2) is 4.78. The number of hydrogen-bond donors (Lipinski definition) is 1. The summed E-state index contributed by atoms with van der Waals surface area (Å²) in [7, 11) is 0. The molecule has 2 aromatic heterocycles. The minimum atomic E-state index is 0.351. The van der Waals surface area contributed by atoms with Crippen LogP contribution in [0.1, 0.15) is 41.7 Å². The molecule has 18 heavy (non-hydrogen) atoms. The first-order chi connectivity index (χ1) is 8.72. The van der Waals surface area contributed by atoms with Crippen LogP contribution in [0.15, 0.2) is 9.90 Å². The van der Waals surface area contributed by atoms with Gasteiger partial charge < -0.3 is 9.84 Å². The van der Waals surface area contributed by atoms with Gasteiger partial charge in [-0.05, 0) is 26.8 Å². The van der Waals surface area contributed by atoms with Crippen molar-refractivity contribution >= 4 is 11.3 Å². The minimum absolute atomic E-state index is 0.351. The lowest BCUT2D eigenvalue weighted by atomic mass is 10.0. The number of rotatable bonds is 3. The Morgan fingerprint density at radius 3 is 3.06 bits per heavy atom. The molecule has 0 radical (unpaired) electrons. The quantitative estimate of drug-likeness (QED) is 0.917. The SMILES string of the molecule is Cc1csc(Cc2noc(C3CCNC3C)n2)n1. The number of nitrogens with zero attached hydrogens (tertiary/aromatic N) is 3. The third-order valence-corrected chi connectivity index (χ3v) is 4.27. The van der Waals surface area contributed by atoms with E-state index in [1.54, 1.807) is 11.3 Å². The lowest BCUT2D eigenvalue weighted by molar-refractivity contribution is 0.342. The average Bonchev–Trinajstić information content (AvgIpc) is 3.02. The van der Waals surface area contributed by atoms with Crippen molar-refractivity contribution in [2.24, 2.45) is 0 Å². The molecule has 2 unspecified atom stereocenters. The maximum Gasteiger partial charge on any atom is 0.231 e. The Kier molecular flexibility index (Phi) is 3.13. The van der Waals surface area contributed by atoms with Crippen LogP contribution < -0.4 is 5.32 Å². The Morgan fingerprint density at radius 2 is 2.39 bits per heavy atom. The van der Waals surface area contributed by atoms with Crippen molar-refractivity contribution in [1.29, 1.82) is 0 Å². The first-order valence-electron chi connectivity index (χ1n) is 6.19. The van der Waals surface area contributed by atoms with Crippen LogP contribution in [-0.2, 0) is 6.42 Å².